The minimum atomic E-state index is -0.0503. The Kier molecular flexibility index (Phi) is 3.96. The van der Waals surface area contributed by atoms with Crippen LogP contribution >= 0.6 is 23.1 Å². The van der Waals surface area contributed by atoms with E-state index in [0.29, 0.717) is 11.1 Å². The minimum absolute atomic E-state index is 0.0232. The van der Waals surface area contributed by atoms with Crippen LogP contribution in [0.15, 0.2) is 27.7 Å². The van der Waals surface area contributed by atoms with Crippen LogP contribution in [0.5, 0.6) is 0 Å². The van der Waals surface area contributed by atoms with Gasteiger partial charge in [-0.15, -0.1) is 16.4 Å². The van der Waals surface area contributed by atoms with Crippen molar-refractivity contribution >= 4 is 40.4 Å². The van der Waals surface area contributed by atoms with Gasteiger partial charge in [0.15, 0.2) is 5.17 Å². The van der Waals surface area contributed by atoms with Crippen molar-refractivity contribution in [3.63, 3.8) is 0 Å². The molecule has 2 heterocycles. The zero-order valence-corrected chi connectivity index (χ0v) is 11.2. The van der Waals surface area contributed by atoms with E-state index in [9.17, 15) is 4.79 Å². The van der Waals surface area contributed by atoms with Gasteiger partial charge in [-0.3, -0.25) is 4.79 Å². The molecule has 1 fully saturated rings. The summed E-state index contributed by atoms with van der Waals surface area (Å²) in [5.41, 5.74) is 0. The summed E-state index contributed by atoms with van der Waals surface area (Å²) in [6, 6.07) is 3.92. The normalized spacial score (nSPS) is 22.9. The lowest BCUT2D eigenvalue weighted by atomic mass is 10.1. The number of amidine groups is 1. The standard InChI is InChI=1S/C11H13N3OS2/c1-7(2)9-10(15)13-11(17-9)14-12-6-8-4-3-5-16-8/h3-7,9H,1-2H3,(H,13,14,15)/t9-/m0/s1. The molecule has 1 atom stereocenters. The highest BCUT2D eigenvalue weighted by Gasteiger charge is 2.32. The maximum absolute atomic E-state index is 11.6. The van der Waals surface area contributed by atoms with E-state index in [4.69, 9.17) is 0 Å². The molecule has 6 heteroatoms. The van der Waals surface area contributed by atoms with Crippen molar-refractivity contribution in [2.75, 3.05) is 0 Å². The predicted octanol–water partition coefficient (Wildman–Crippen LogP) is 2.33. The Bertz CT molecular complexity index is 451. The zero-order chi connectivity index (χ0) is 12.3. The first-order valence-electron chi connectivity index (χ1n) is 5.29. The van der Waals surface area contributed by atoms with Gasteiger partial charge in [-0.1, -0.05) is 31.7 Å². The number of thiophene rings is 1. The second-order valence-corrected chi connectivity index (χ2v) is 6.05. The van der Waals surface area contributed by atoms with E-state index in [-0.39, 0.29) is 11.2 Å². The van der Waals surface area contributed by atoms with E-state index in [0.717, 1.165) is 4.88 Å². The molecule has 0 aliphatic carbocycles. The largest absolute Gasteiger partial charge is 0.303 e. The number of hydrogen-bond acceptors (Lipinski definition) is 5. The van der Waals surface area contributed by atoms with E-state index in [2.05, 4.69) is 15.5 Å². The maximum atomic E-state index is 11.6. The van der Waals surface area contributed by atoms with Crippen molar-refractivity contribution in [1.82, 2.24) is 5.32 Å². The summed E-state index contributed by atoms with van der Waals surface area (Å²) < 4.78 is 0. The van der Waals surface area contributed by atoms with E-state index in [1.54, 1.807) is 17.6 Å². The number of amides is 1. The van der Waals surface area contributed by atoms with E-state index in [1.807, 2.05) is 31.4 Å². The Balaban J connectivity index is 1.98. The number of carbonyl (C=O) groups excluding carboxylic acids is 1. The van der Waals surface area contributed by atoms with E-state index < -0.39 is 0 Å². The second kappa shape index (κ2) is 5.46. The zero-order valence-electron chi connectivity index (χ0n) is 9.58. The molecule has 0 unspecified atom stereocenters. The van der Waals surface area contributed by atoms with Gasteiger partial charge in [0.2, 0.25) is 5.91 Å². The molecule has 1 aliphatic rings. The highest BCUT2D eigenvalue weighted by Crippen LogP contribution is 2.25. The first kappa shape index (κ1) is 12.3. The highest BCUT2D eigenvalue weighted by molar-refractivity contribution is 8.15. The lowest BCUT2D eigenvalue weighted by molar-refractivity contribution is -0.119. The summed E-state index contributed by atoms with van der Waals surface area (Å²) in [6.45, 7) is 4.05. The van der Waals surface area contributed by atoms with Gasteiger partial charge in [0.25, 0.3) is 0 Å². The first-order chi connectivity index (χ1) is 8.16. The van der Waals surface area contributed by atoms with Crippen LogP contribution < -0.4 is 5.32 Å². The Morgan fingerprint density at radius 2 is 2.35 bits per heavy atom. The summed E-state index contributed by atoms with van der Waals surface area (Å²) in [6.07, 6.45) is 1.69. The van der Waals surface area contributed by atoms with Gasteiger partial charge < -0.3 is 5.32 Å². The molecule has 1 aliphatic heterocycles. The molecule has 0 radical (unpaired) electrons. The van der Waals surface area contributed by atoms with Crippen molar-refractivity contribution in [1.29, 1.82) is 0 Å². The van der Waals surface area contributed by atoms with Crippen LogP contribution in [0.3, 0.4) is 0 Å². The van der Waals surface area contributed by atoms with Crippen LogP contribution in [0.2, 0.25) is 0 Å². The molecule has 0 aromatic carbocycles. The fourth-order valence-electron chi connectivity index (χ4n) is 1.37. The number of carbonyl (C=O) groups is 1. The molecular weight excluding hydrogens is 254 g/mol. The third kappa shape index (κ3) is 3.17. The monoisotopic (exact) mass is 267 g/mol. The first-order valence-corrected chi connectivity index (χ1v) is 7.05. The fraction of sp³-hybridized carbons (Fsp3) is 0.364. The van der Waals surface area contributed by atoms with Gasteiger partial charge in [0.05, 0.1) is 11.5 Å². The maximum Gasteiger partial charge on any atom is 0.239 e. The molecule has 1 saturated heterocycles. The van der Waals surface area contributed by atoms with Crippen LogP contribution in [-0.2, 0) is 4.79 Å². The van der Waals surface area contributed by atoms with Crippen LogP contribution in [0.4, 0.5) is 0 Å². The van der Waals surface area contributed by atoms with Crippen molar-refractivity contribution in [3.05, 3.63) is 22.4 Å². The molecule has 90 valence electrons. The number of thioether (sulfide) groups is 1. The van der Waals surface area contributed by atoms with Crippen molar-refractivity contribution in [2.45, 2.75) is 19.1 Å². The molecule has 2 rings (SSSR count). The third-order valence-electron chi connectivity index (χ3n) is 2.21. The molecule has 1 aromatic rings. The number of rotatable bonds is 3. The Morgan fingerprint density at radius 1 is 1.53 bits per heavy atom. The molecule has 0 saturated carbocycles. The third-order valence-corrected chi connectivity index (χ3v) is 4.44. The molecule has 17 heavy (non-hydrogen) atoms. The lowest BCUT2D eigenvalue weighted by Crippen LogP contribution is -2.27. The predicted molar refractivity (Wildman–Crippen MR) is 73.7 cm³/mol. The van der Waals surface area contributed by atoms with Gasteiger partial charge in [0.1, 0.15) is 0 Å². The molecule has 4 nitrogen and oxygen atoms in total. The molecule has 1 N–H and O–H groups in total. The summed E-state index contributed by atoms with van der Waals surface area (Å²) in [7, 11) is 0. The van der Waals surface area contributed by atoms with E-state index >= 15 is 0 Å². The Labute approximate surface area is 108 Å². The van der Waals surface area contributed by atoms with Gasteiger partial charge in [0, 0.05) is 4.88 Å². The van der Waals surface area contributed by atoms with Gasteiger partial charge >= 0.3 is 0 Å². The number of hydrogen-bond donors (Lipinski definition) is 1. The highest BCUT2D eigenvalue weighted by atomic mass is 32.2. The van der Waals surface area contributed by atoms with Crippen molar-refractivity contribution in [3.8, 4) is 0 Å². The topological polar surface area (TPSA) is 53.8 Å². The van der Waals surface area contributed by atoms with Crippen molar-refractivity contribution < 1.29 is 4.79 Å². The Hall–Kier alpha value is -1.14. The van der Waals surface area contributed by atoms with Crippen molar-refractivity contribution in [2.24, 2.45) is 16.1 Å². The SMILES string of the molecule is CC(C)[C@@H]1SC(=NN=Cc2cccs2)NC1=O. The van der Waals surface area contributed by atoms with Crippen LogP contribution in [-0.4, -0.2) is 22.5 Å². The van der Waals surface area contributed by atoms with Crippen LogP contribution in [0.25, 0.3) is 0 Å². The van der Waals surface area contributed by atoms with E-state index in [1.165, 1.54) is 11.8 Å². The summed E-state index contributed by atoms with van der Waals surface area (Å²) >= 11 is 3.04. The average Bonchev–Trinajstić information content (AvgIpc) is 2.88. The quantitative estimate of drug-likeness (QED) is 0.675. The molecule has 1 amide bonds. The van der Waals surface area contributed by atoms with Crippen LogP contribution in [0.1, 0.15) is 18.7 Å². The summed E-state index contributed by atoms with van der Waals surface area (Å²) in [5, 5.41) is 13.2. The molecule has 0 bridgehead atoms. The van der Waals surface area contributed by atoms with Crippen LogP contribution in [0, 0.1) is 5.92 Å². The number of nitrogens with zero attached hydrogens (tertiary/aromatic N) is 2. The molecular formula is C11H13N3OS2. The van der Waals surface area contributed by atoms with Gasteiger partial charge in [-0.25, -0.2) is 0 Å². The lowest BCUT2D eigenvalue weighted by Gasteiger charge is -2.07. The minimum Gasteiger partial charge on any atom is -0.303 e. The number of nitrogens with one attached hydrogen (secondary N) is 1. The molecule has 1 aromatic heterocycles. The Morgan fingerprint density at radius 3 is 2.94 bits per heavy atom. The summed E-state index contributed by atoms with van der Waals surface area (Å²) in [5.74, 6) is 0.323. The second-order valence-electron chi connectivity index (χ2n) is 3.94. The average molecular weight is 267 g/mol. The van der Waals surface area contributed by atoms with Gasteiger partial charge in [-0.05, 0) is 17.4 Å². The molecule has 0 spiro atoms. The fourth-order valence-corrected chi connectivity index (χ4v) is 2.88. The summed E-state index contributed by atoms with van der Waals surface area (Å²) in [4.78, 5) is 12.6. The van der Waals surface area contributed by atoms with Gasteiger partial charge in [-0.2, -0.15) is 5.10 Å². The smallest absolute Gasteiger partial charge is 0.239 e.